The molecule has 0 saturated carbocycles. The molecule has 1 heterocycles. The minimum absolute atomic E-state index is 0.299. The van der Waals surface area contributed by atoms with Gasteiger partial charge in [0.05, 0.1) is 5.54 Å². The van der Waals surface area contributed by atoms with Gasteiger partial charge in [0.15, 0.2) is 5.78 Å². The number of benzene rings is 1. The Morgan fingerprint density at radius 3 is 2.53 bits per heavy atom. The van der Waals surface area contributed by atoms with Gasteiger partial charge in [-0.1, -0.05) is 38.1 Å². The molecule has 0 spiro atoms. The van der Waals surface area contributed by atoms with E-state index in [1.54, 1.807) is 0 Å². The van der Waals surface area contributed by atoms with Crippen molar-refractivity contribution in [2.45, 2.75) is 38.6 Å². The Morgan fingerprint density at radius 1 is 1.24 bits per heavy atom. The second kappa shape index (κ2) is 4.61. The monoisotopic (exact) mass is 231 g/mol. The Kier molecular flexibility index (Phi) is 3.34. The Balaban J connectivity index is 2.54. The van der Waals surface area contributed by atoms with Gasteiger partial charge in [0.1, 0.15) is 0 Å². The van der Waals surface area contributed by atoms with Crippen LogP contribution < -0.4 is 0 Å². The standard InChI is InChI=1S/C15H21NO/c1-4-15(5-2)14(17)13-9-7-6-8-12(13)10-11-16(15)3/h6-9H,4-5,10-11H2,1-3H3. The molecule has 0 aromatic heterocycles. The Hall–Kier alpha value is -1.15. The zero-order chi connectivity index (χ0) is 12.5. The van der Waals surface area contributed by atoms with Gasteiger partial charge in [0, 0.05) is 12.1 Å². The third-order valence-corrected chi connectivity index (χ3v) is 4.30. The second-order valence-electron chi connectivity index (χ2n) is 4.90. The molecule has 1 aromatic rings. The van der Waals surface area contributed by atoms with E-state index >= 15 is 0 Å². The highest BCUT2D eigenvalue weighted by Crippen LogP contribution is 2.31. The lowest BCUT2D eigenvalue weighted by Crippen LogP contribution is -2.51. The van der Waals surface area contributed by atoms with Crippen molar-refractivity contribution >= 4 is 5.78 Å². The van der Waals surface area contributed by atoms with E-state index in [0.29, 0.717) is 5.78 Å². The number of hydrogen-bond donors (Lipinski definition) is 0. The van der Waals surface area contributed by atoms with Crippen molar-refractivity contribution in [3.63, 3.8) is 0 Å². The fraction of sp³-hybridized carbons (Fsp3) is 0.533. The van der Waals surface area contributed by atoms with Crippen molar-refractivity contribution in [2.75, 3.05) is 13.6 Å². The van der Waals surface area contributed by atoms with Crippen molar-refractivity contribution in [1.29, 1.82) is 0 Å². The summed E-state index contributed by atoms with van der Waals surface area (Å²) in [5.41, 5.74) is 1.83. The fourth-order valence-electron chi connectivity index (χ4n) is 3.00. The fourth-order valence-corrected chi connectivity index (χ4v) is 3.00. The van der Waals surface area contributed by atoms with Gasteiger partial charge in [0.25, 0.3) is 0 Å². The first-order valence-electron chi connectivity index (χ1n) is 6.49. The molecule has 1 aromatic carbocycles. The van der Waals surface area contributed by atoms with Gasteiger partial charge < -0.3 is 0 Å². The van der Waals surface area contributed by atoms with Gasteiger partial charge in [-0.05, 0) is 31.9 Å². The molecular weight excluding hydrogens is 210 g/mol. The summed E-state index contributed by atoms with van der Waals surface area (Å²) in [5.74, 6) is 0.304. The molecule has 92 valence electrons. The van der Waals surface area contributed by atoms with Crippen LogP contribution in [0.2, 0.25) is 0 Å². The summed E-state index contributed by atoms with van der Waals surface area (Å²) in [6, 6.07) is 8.06. The van der Waals surface area contributed by atoms with Crippen LogP contribution in [0.4, 0.5) is 0 Å². The largest absolute Gasteiger partial charge is 0.294 e. The van der Waals surface area contributed by atoms with Crippen LogP contribution in [-0.2, 0) is 6.42 Å². The van der Waals surface area contributed by atoms with Crippen LogP contribution in [0, 0.1) is 0 Å². The van der Waals surface area contributed by atoms with Crippen LogP contribution in [-0.4, -0.2) is 29.8 Å². The average Bonchev–Trinajstić information content (AvgIpc) is 2.47. The highest BCUT2D eigenvalue weighted by atomic mass is 16.1. The normalized spacial score (nSPS) is 19.8. The van der Waals surface area contributed by atoms with Gasteiger partial charge in [-0.3, -0.25) is 9.69 Å². The lowest BCUT2D eigenvalue weighted by atomic mass is 9.83. The zero-order valence-corrected chi connectivity index (χ0v) is 11.0. The zero-order valence-electron chi connectivity index (χ0n) is 11.0. The van der Waals surface area contributed by atoms with Crippen molar-refractivity contribution in [3.8, 4) is 0 Å². The summed E-state index contributed by atoms with van der Waals surface area (Å²) in [5, 5.41) is 0. The molecule has 0 N–H and O–H groups in total. The molecule has 0 aliphatic carbocycles. The summed E-state index contributed by atoms with van der Waals surface area (Å²) >= 11 is 0. The van der Waals surface area contributed by atoms with Gasteiger partial charge in [-0.15, -0.1) is 0 Å². The van der Waals surface area contributed by atoms with Crippen LogP contribution in [0.1, 0.15) is 42.6 Å². The molecule has 0 radical (unpaired) electrons. The third kappa shape index (κ3) is 1.81. The molecule has 0 atom stereocenters. The van der Waals surface area contributed by atoms with Crippen LogP contribution in [0.15, 0.2) is 24.3 Å². The SMILES string of the molecule is CCC1(CC)C(=O)c2ccccc2CCN1C. The van der Waals surface area contributed by atoms with Gasteiger partial charge in [0.2, 0.25) is 0 Å². The molecule has 2 nitrogen and oxygen atoms in total. The maximum absolute atomic E-state index is 12.8. The Morgan fingerprint density at radius 2 is 1.88 bits per heavy atom. The van der Waals surface area contributed by atoms with Crippen LogP contribution in [0.25, 0.3) is 0 Å². The number of carbonyl (C=O) groups is 1. The number of carbonyl (C=O) groups excluding carboxylic acids is 1. The predicted molar refractivity (Wildman–Crippen MR) is 70.4 cm³/mol. The molecule has 2 rings (SSSR count). The summed E-state index contributed by atoms with van der Waals surface area (Å²) in [7, 11) is 2.08. The molecule has 0 amide bonds. The van der Waals surface area contributed by atoms with Crippen LogP contribution in [0.5, 0.6) is 0 Å². The topological polar surface area (TPSA) is 20.3 Å². The summed E-state index contributed by atoms with van der Waals surface area (Å²) in [4.78, 5) is 15.0. The van der Waals surface area contributed by atoms with Crippen molar-refractivity contribution < 1.29 is 4.79 Å². The summed E-state index contributed by atoms with van der Waals surface area (Å²) < 4.78 is 0. The average molecular weight is 231 g/mol. The molecule has 0 saturated heterocycles. The molecule has 0 bridgehead atoms. The highest BCUT2D eigenvalue weighted by molar-refractivity contribution is 6.04. The van der Waals surface area contributed by atoms with E-state index in [-0.39, 0.29) is 5.54 Å². The number of fused-ring (bicyclic) bond motifs is 1. The number of nitrogens with zero attached hydrogens (tertiary/aromatic N) is 1. The molecule has 0 fully saturated rings. The lowest BCUT2D eigenvalue weighted by molar-refractivity contribution is 0.0611. The maximum Gasteiger partial charge on any atom is 0.183 e. The van der Waals surface area contributed by atoms with Gasteiger partial charge in [-0.25, -0.2) is 0 Å². The first kappa shape index (κ1) is 12.3. The maximum atomic E-state index is 12.8. The second-order valence-corrected chi connectivity index (χ2v) is 4.90. The van der Waals surface area contributed by atoms with E-state index in [1.165, 1.54) is 5.56 Å². The number of ketones is 1. The van der Waals surface area contributed by atoms with Crippen LogP contribution in [0.3, 0.4) is 0 Å². The quantitative estimate of drug-likeness (QED) is 0.780. The van der Waals surface area contributed by atoms with Crippen molar-refractivity contribution in [2.24, 2.45) is 0 Å². The highest BCUT2D eigenvalue weighted by Gasteiger charge is 2.41. The first-order valence-corrected chi connectivity index (χ1v) is 6.49. The molecule has 17 heavy (non-hydrogen) atoms. The molecule has 1 aliphatic rings. The van der Waals surface area contributed by atoms with E-state index in [9.17, 15) is 4.79 Å². The summed E-state index contributed by atoms with van der Waals surface area (Å²) in [6.45, 7) is 5.20. The van der Waals surface area contributed by atoms with E-state index < -0.39 is 0 Å². The van der Waals surface area contributed by atoms with Crippen molar-refractivity contribution in [3.05, 3.63) is 35.4 Å². The smallest absolute Gasteiger partial charge is 0.183 e. The Labute approximate surface area is 104 Å². The number of rotatable bonds is 2. The summed E-state index contributed by atoms with van der Waals surface area (Å²) in [6.07, 6.45) is 2.74. The van der Waals surface area contributed by atoms with E-state index in [4.69, 9.17) is 0 Å². The van der Waals surface area contributed by atoms with Gasteiger partial charge in [-0.2, -0.15) is 0 Å². The van der Waals surface area contributed by atoms with E-state index in [1.807, 2.05) is 18.2 Å². The molecule has 1 aliphatic heterocycles. The predicted octanol–water partition coefficient (Wildman–Crippen LogP) is 2.92. The van der Waals surface area contributed by atoms with Crippen molar-refractivity contribution in [1.82, 2.24) is 4.90 Å². The molecular formula is C15H21NO. The number of likely N-dealkylation sites (N-methyl/N-ethyl adjacent to an activating group) is 1. The minimum atomic E-state index is -0.299. The lowest BCUT2D eigenvalue weighted by Gasteiger charge is -2.38. The first-order chi connectivity index (χ1) is 8.15. The third-order valence-electron chi connectivity index (χ3n) is 4.30. The van der Waals surface area contributed by atoms with E-state index in [0.717, 1.165) is 31.4 Å². The van der Waals surface area contributed by atoms with E-state index in [2.05, 4.69) is 31.9 Å². The van der Waals surface area contributed by atoms with Crippen LogP contribution >= 0.6 is 0 Å². The van der Waals surface area contributed by atoms with Gasteiger partial charge >= 0.3 is 0 Å². The molecule has 0 unspecified atom stereocenters. The number of hydrogen-bond acceptors (Lipinski definition) is 2. The number of Topliss-reactive ketones (excluding diaryl/α,β-unsaturated/α-hetero) is 1. The molecule has 2 heteroatoms. The Bertz CT molecular complexity index is 421. The minimum Gasteiger partial charge on any atom is -0.294 e.